The molecule has 3 unspecified atom stereocenters. The Labute approximate surface area is 119 Å². The molecule has 2 nitrogen and oxygen atoms in total. The van der Waals surface area contributed by atoms with Crippen LogP contribution in [0.15, 0.2) is 22.7 Å². The minimum Gasteiger partial charge on any atom is -0.397 e. The fraction of sp³-hybridized carbons (Fsp3) is 0.600. The Morgan fingerprint density at radius 2 is 1.94 bits per heavy atom. The van der Waals surface area contributed by atoms with Crippen molar-refractivity contribution < 1.29 is 0 Å². The van der Waals surface area contributed by atoms with Gasteiger partial charge in [0.1, 0.15) is 0 Å². The van der Waals surface area contributed by atoms with Gasteiger partial charge in [0.25, 0.3) is 0 Å². The van der Waals surface area contributed by atoms with Gasteiger partial charge in [-0.25, -0.2) is 0 Å². The van der Waals surface area contributed by atoms with E-state index in [-0.39, 0.29) is 0 Å². The predicted octanol–water partition coefficient (Wildman–Crippen LogP) is 4.29. The minimum atomic E-state index is 0.625. The van der Waals surface area contributed by atoms with Crippen molar-refractivity contribution >= 4 is 27.3 Å². The minimum absolute atomic E-state index is 0.625. The van der Waals surface area contributed by atoms with Crippen LogP contribution in [0.2, 0.25) is 0 Å². The van der Waals surface area contributed by atoms with E-state index in [2.05, 4.69) is 53.9 Å². The van der Waals surface area contributed by atoms with Gasteiger partial charge in [0, 0.05) is 17.6 Å². The zero-order chi connectivity index (χ0) is 13.3. The van der Waals surface area contributed by atoms with E-state index >= 15 is 0 Å². The highest BCUT2D eigenvalue weighted by molar-refractivity contribution is 9.10. The molecule has 100 valence electrons. The molecule has 1 aromatic carbocycles. The average Bonchev–Trinajstić information content (AvgIpc) is 2.32. The Morgan fingerprint density at radius 1 is 1.22 bits per heavy atom. The van der Waals surface area contributed by atoms with Crippen LogP contribution in [-0.2, 0) is 0 Å². The molecule has 2 rings (SSSR count). The molecule has 0 amide bonds. The second-order valence-corrected chi connectivity index (χ2v) is 6.65. The Bertz CT molecular complexity index is 419. The lowest BCUT2D eigenvalue weighted by molar-refractivity contribution is 0.247. The van der Waals surface area contributed by atoms with E-state index in [1.807, 2.05) is 6.07 Å². The third kappa shape index (κ3) is 2.82. The molecular formula is C15H23BrN2. The SMILES string of the molecule is CC1CCC(N(C)c2ccc(Br)cc2N)CC1C. The smallest absolute Gasteiger partial charge is 0.0600 e. The van der Waals surface area contributed by atoms with Crippen molar-refractivity contribution in [3.05, 3.63) is 22.7 Å². The second kappa shape index (κ2) is 5.52. The van der Waals surface area contributed by atoms with Crippen LogP contribution < -0.4 is 10.6 Å². The first kappa shape index (κ1) is 13.7. The molecule has 2 N–H and O–H groups in total. The van der Waals surface area contributed by atoms with Gasteiger partial charge in [-0.3, -0.25) is 0 Å². The van der Waals surface area contributed by atoms with Gasteiger partial charge >= 0.3 is 0 Å². The van der Waals surface area contributed by atoms with E-state index in [0.717, 1.165) is 27.7 Å². The van der Waals surface area contributed by atoms with Gasteiger partial charge in [-0.15, -0.1) is 0 Å². The summed E-state index contributed by atoms with van der Waals surface area (Å²) in [7, 11) is 2.17. The first-order valence-electron chi connectivity index (χ1n) is 6.77. The Balaban J connectivity index is 2.13. The largest absolute Gasteiger partial charge is 0.397 e. The van der Waals surface area contributed by atoms with Gasteiger partial charge in [-0.2, -0.15) is 0 Å². The van der Waals surface area contributed by atoms with E-state index in [4.69, 9.17) is 5.73 Å². The Kier molecular flexibility index (Phi) is 4.21. The van der Waals surface area contributed by atoms with Crippen molar-refractivity contribution in [1.29, 1.82) is 0 Å². The number of nitrogens with zero attached hydrogens (tertiary/aromatic N) is 1. The highest BCUT2D eigenvalue weighted by Gasteiger charge is 2.27. The summed E-state index contributed by atoms with van der Waals surface area (Å²) in [6.07, 6.45) is 3.87. The maximum Gasteiger partial charge on any atom is 0.0600 e. The van der Waals surface area contributed by atoms with Crippen LogP contribution in [0.3, 0.4) is 0 Å². The lowest BCUT2D eigenvalue weighted by Crippen LogP contribution is -2.38. The first-order chi connectivity index (χ1) is 8.49. The molecule has 0 saturated heterocycles. The van der Waals surface area contributed by atoms with Crippen LogP contribution in [0.5, 0.6) is 0 Å². The summed E-state index contributed by atoms with van der Waals surface area (Å²) in [4.78, 5) is 2.37. The van der Waals surface area contributed by atoms with Crippen LogP contribution in [-0.4, -0.2) is 13.1 Å². The van der Waals surface area contributed by atoms with E-state index in [9.17, 15) is 0 Å². The number of rotatable bonds is 2. The third-order valence-electron chi connectivity index (χ3n) is 4.49. The van der Waals surface area contributed by atoms with Crippen LogP contribution in [0, 0.1) is 11.8 Å². The standard InChI is InChI=1S/C15H23BrN2/c1-10-4-6-13(8-11(10)2)18(3)15-7-5-12(16)9-14(15)17/h5,7,9-11,13H,4,6,8,17H2,1-3H3. The fourth-order valence-electron chi connectivity index (χ4n) is 2.91. The van der Waals surface area contributed by atoms with E-state index in [1.165, 1.54) is 19.3 Å². The number of hydrogen-bond donors (Lipinski definition) is 1. The van der Waals surface area contributed by atoms with E-state index < -0.39 is 0 Å². The van der Waals surface area contributed by atoms with Crippen molar-refractivity contribution in [2.24, 2.45) is 11.8 Å². The number of benzene rings is 1. The molecule has 1 aromatic rings. The second-order valence-electron chi connectivity index (χ2n) is 5.74. The monoisotopic (exact) mass is 310 g/mol. The molecule has 1 aliphatic carbocycles. The summed E-state index contributed by atoms with van der Waals surface area (Å²) >= 11 is 3.46. The number of nitrogens with two attached hydrogens (primary N) is 1. The molecule has 1 fully saturated rings. The quantitative estimate of drug-likeness (QED) is 0.826. The molecule has 1 saturated carbocycles. The molecule has 0 aliphatic heterocycles. The molecule has 3 atom stereocenters. The molecule has 1 aliphatic rings. The molecule has 18 heavy (non-hydrogen) atoms. The maximum absolute atomic E-state index is 6.12. The lowest BCUT2D eigenvalue weighted by atomic mass is 9.78. The zero-order valence-corrected chi connectivity index (χ0v) is 13.1. The van der Waals surface area contributed by atoms with Gasteiger partial charge in [0.2, 0.25) is 0 Å². The Morgan fingerprint density at radius 3 is 2.56 bits per heavy atom. The topological polar surface area (TPSA) is 29.3 Å². The van der Waals surface area contributed by atoms with Crippen molar-refractivity contribution in [3.63, 3.8) is 0 Å². The maximum atomic E-state index is 6.12. The fourth-order valence-corrected chi connectivity index (χ4v) is 3.29. The molecule has 0 bridgehead atoms. The van der Waals surface area contributed by atoms with E-state index in [1.54, 1.807) is 0 Å². The summed E-state index contributed by atoms with van der Waals surface area (Å²) in [6.45, 7) is 4.74. The van der Waals surface area contributed by atoms with E-state index in [0.29, 0.717) is 6.04 Å². The van der Waals surface area contributed by atoms with Crippen LogP contribution in [0.1, 0.15) is 33.1 Å². The van der Waals surface area contributed by atoms with Crippen LogP contribution in [0.4, 0.5) is 11.4 Å². The summed E-state index contributed by atoms with van der Waals surface area (Å²) in [6, 6.07) is 6.79. The van der Waals surface area contributed by atoms with Gasteiger partial charge in [-0.05, 0) is 49.3 Å². The first-order valence-corrected chi connectivity index (χ1v) is 7.56. The van der Waals surface area contributed by atoms with Gasteiger partial charge in [-0.1, -0.05) is 29.8 Å². The average molecular weight is 311 g/mol. The molecule has 0 radical (unpaired) electrons. The van der Waals surface area contributed by atoms with Crippen molar-refractivity contribution in [2.75, 3.05) is 17.7 Å². The molecular weight excluding hydrogens is 288 g/mol. The number of halogens is 1. The molecule has 3 heteroatoms. The predicted molar refractivity (Wildman–Crippen MR) is 82.9 cm³/mol. The lowest BCUT2D eigenvalue weighted by Gasteiger charge is -2.39. The van der Waals surface area contributed by atoms with Crippen LogP contribution in [0.25, 0.3) is 0 Å². The summed E-state index contributed by atoms with van der Waals surface area (Å²) < 4.78 is 1.04. The van der Waals surface area contributed by atoms with Gasteiger partial charge in [0.15, 0.2) is 0 Å². The summed E-state index contributed by atoms with van der Waals surface area (Å²) in [5.41, 5.74) is 8.14. The third-order valence-corrected chi connectivity index (χ3v) is 4.98. The zero-order valence-electron chi connectivity index (χ0n) is 11.5. The van der Waals surface area contributed by atoms with Gasteiger partial charge in [0.05, 0.1) is 11.4 Å². The molecule has 0 spiro atoms. The normalized spacial score (nSPS) is 28.1. The number of nitrogen functional groups attached to an aromatic ring is 1. The molecule has 0 heterocycles. The summed E-state index contributed by atoms with van der Waals surface area (Å²) in [5, 5.41) is 0. The number of hydrogen-bond acceptors (Lipinski definition) is 2. The van der Waals surface area contributed by atoms with Crippen molar-refractivity contribution in [1.82, 2.24) is 0 Å². The van der Waals surface area contributed by atoms with Crippen molar-refractivity contribution in [2.45, 2.75) is 39.2 Å². The summed E-state index contributed by atoms with van der Waals surface area (Å²) in [5.74, 6) is 1.67. The van der Waals surface area contributed by atoms with Crippen LogP contribution >= 0.6 is 15.9 Å². The van der Waals surface area contributed by atoms with Gasteiger partial charge < -0.3 is 10.6 Å². The Hall–Kier alpha value is -0.700. The molecule has 0 aromatic heterocycles. The number of anilines is 2. The highest BCUT2D eigenvalue weighted by atomic mass is 79.9. The van der Waals surface area contributed by atoms with Crippen molar-refractivity contribution in [3.8, 4) is 0 Å². The highest BCUT2D eigenvalue weighted by Crippen LogP contribution is 2.35.